The van der Waals surface area contributed by atoms with E-state index in [9.17, 15) is 9.59 Å². The maximum Gasteiger partial charge on any atom is 0.322 e. The summed E-state index contributed by atoms with van der Waals surface area (Å²) in [6, 6.07) is 0. The molecule has 0 amide bonds. The Bertz CT molecular complexity index is 421. The van der Waals surface area contributed by atoms with Crippen molar-refractivity contribution in [2.24, 2.45) is 5.41 Å². The number of rotatable bonds is 14. The molecular formula is C17H31BrO8. The molecule has 0 N–H and O–H groups in total. The predicted octanol–water partition coefficient (Wildman–Crippen LogP) is 1.92. The Morgan fingerprint density at radius 3 is 1.96 bits per heavy atom. The first-order valence-corrected chi connectivity index (χ1v) is 9.05. The molecule has 0 aliphatic rings. The van der Waals surface area contributed by atoms with Crippen LogP contribution >= 0.6 is 15.9 Å². The fourth-order valence-corrected chi connectivity index (χ4v) is 2.96. The van der Waals surface area contributed by atoms with Gasteiger partial charge in [0.2, 0.25) is 0 Å². The van der Waals surface area contributed by atoms with Crippen LogP contribution in [0.3, 0.4) is 0 Å². The molecule has 0 aromatic rings. The predicted molar refractivity (Wildman–Crippen MR) is 98.1 cm³/mol. The van der Waals surface area contributed by atoms with Gasteiger partial charge in [-0.1, -0.05) is 15.9 Å². The molecule has 0 aromatic carbocycles. The van der Waals surface area contributed by atoms with Crippen LogP contribution in [0.1, 0.15) is 27.2 Å². The van der Waals surface area contributed by atoms with Gasteiger partial charge in [-0.3, -0.25) is 9.59 Å². The quantitative estimate of drug-likeness (QED) is 0.174. The van der Waals surface area contributed by atoms with Crippen molar-refractivity contribution in [1.29, 1.82) is 0 Å². The van der Waals surface area contributed by atoms with Gasteiger partial charge < -0.3 is 28.4 Å². The number of alkyl halides is 1. The van der Waals surface area contributed by atoms with Gasteiger partial charge in [-0.2, -0.15) is 0 Å². The van der Waals surface area contributed by atoms with Gasteiger partial charge >= 0.3 is 11.9 Å². The zero-order chi connectivity index (χ0) is 20.2. The van der Waals surface area contributed by atoms with Gasteiger partial charge in [0.1, 0.15) is 17.5 Å². The van der Waals surface area contributed by atoms with Gasteiger partial charge in [0.05, 0.1) is 25.2 Å². The Hall–Kier alpha value is -0.740. The van der Waals surface area contributed by atoms with Gasteiger partial charge in [0.25, 0.3) is 0 Å². The van der Waals surface area contributed by atoms with Gasteiger partial charge in [0.15, 0.2) is 6.29 Å². The SMILES string of the molecule is COCCOC(=O)C(C)(Br)CC(C)(C)C(=O)OCCOCC(OC)OC. The van der Waals surface area contributed by atoms with Gasteiger partial charge in [-0.15, -0.1) is 0 Å². The summed E-state index contributed by atoms with van der Waals surface area (Å²) < 4.78 is 29.5. The molecule has 154 valence electrons. The lowest BCUT2D eigenvalue weighted by atomic mass is 9.83. The van der Waals surface area contributed by atoms with E-state index in [1.807, 2.05) is 0 Å². The number of halogens is 1. The molecule has 9 heteroatoms. The molecule has 0 heterocycles. The van der Waals surface area contributed by atoms with E-state index in [2.05, 4.69) is 15.9 Å². The van der Waals surface area contributed by atoms with Crippen molar-refractivity contribution in [3.63, 3.8) is 0 Å². The van der Waals surface area contributed by atoms with Crippen LogP contribution in [-0.4, -0.2) is 76.9 Å². The van der Waals surface area contributed by atoms with Crippen LogP contribution in [0.15, 0.2) is 0 Å². The Morgan fingerprint density at radius 1 is 0.885 bits per heavy atom. The minimum atomic E-state index is -1.01. The molecule has 0 spiro atoms. The first kappa shape index (κ1) is 25.3. The van der Waals surface area contributed by atoms with E-state index in [-0.39, 0.29) is 32.8 Å². The van der Waals surface area contributed by atoms with Crippen molar-refractivity contribution in [1.82, 2.24) is 0 Å². The highest BCUT2D eigenvalue weighted by atomic mass is 79.9. The van der Waals surface area contributed by atoms with Crippen LogP contribution in [-0.2, 0) is 38.0 Å². The lowest BCUT2D eigenvalue weighted by Gasteiger charge is -2.30. The monoisotopic (exact) mass is 442 g/mol. The zero-order valence-electron chi connectivity index (χ0n) is 16.5. The van der Waals surface area contributed by atoms with Gasteiger partial charge in [0, 0.05) is 21.3 Å². The minimum Gasteiger partial charge on any atom is -0.463 e. The summed E-state index contributed by atoms with van der Waals surface area (Å²) in [5, 5.41) is 0. The van der Waals surface area contributed by atoms with E-state index in [1.54, 1.807) is 20.8 Å². The highest BCUT2D eigenvalue weighted by Crippen LogP contribution is 2.35. The maximum atomic E-state index is 12.3. The molecule has 0 rings (SSSR count). The summed E-state index contributed by atoms with van der Waals surface area (Å²) in [4.78, 5) is 24.5. The summed E-state index contributed by atoms with van der Waals surface area (Å²) >= 11 is 3.35. The fraction of sp³-hybridized carbons (Fsp3) is 0.882. The van der Waals surface area contributed by atoms with E-state index in [4.69, 9.17) is 28.4 Å². The van der Waals surface area contributed by atoms with Crippen LogP contribution < -0.4 is 0 Å². The Kier molecular flexibility index (Phi) is 12.3. The number of methoxy groups -OCH3 is 3. The molecule has 26 heavy (non-hydrogen) atoms. The minimum absolute atomic E-state index is 0.0969. The molecule has 1 unspecified atom stereocenters. The molecule has 1 atom stereocenters. The smallest absolute Gasteiger partial charge is 0.322 e. The van der Waals surface area contributed by atoms with Crippen molar-refractivity contribution in [3.05, 3.63) is 0 Å². The zero-order valence-corrected chi connectivity index (χ0v) is 18.0. The summed E-state index contributed by atoms with van der Waals surface area (Å²) in [5.74, 6) is -0.879. The second kappa shape index (κ2) is 12.6. The molecule has 0 fully saturated rings. The summed E-state index contributed by atoms with van der Waals surface area (Å²) in [7, 11) is 4.55. The highest BCUT2D eigenvalue weighted by Gasteiger charge is 2.42. The Morgan fingerprint density at radius 2 is 1.42 bits per heavy atom. The van der Waals surface area contributed by atoms with Gasteiger partial charge in [-0.25, -0.2) is 0 Å². The van der Waals surface area contributed by atoms with Crippen LogP contribution in [0.4, 0.5) is 0 Å². The van der Waals surface area contributed by atoms with E-state index in [0.717, 1.165) is 0 Å². The number of carbonyl (C=O) groups excluding carboxylic acids is 2. The van der Waals surface area contributed by atoms with E-state index >= 15 is 0 Å². The third kappa shape index (κ3) is 9.82. The standard InChI is InChI=1S/C17H31BrO8/c1-16(2,12-17(3,18)15(20)26-9-7-21-4)14(19)25-10-8-24-11-13(22-5)23-6/h13H,7-12H2,1-6H3. The van der Waals surface area contributed by atoms with Crippen LogP contribution in [0.2, 0.25) is 0 Å². The first-order valence-electron chi connectivity index (χ1n) is 8.26. The number of hydrogen-bond donors (Lipinski definition) is 0. The van der Waals surface area contributed by atoms with Crippen LogP contribution in [0.25, 0.3) is 0 Å². The van der Waals surface area contributed by atoms with Crippen LogP contribution in [0, 0.1) is 5.41 Å². The topological polar surface area (TPSA) is 89.5 Å². The van der Waals surface area contributed by atoms with Crippen molar-refractivity contribution in [2.75, 3.05) is 54.4 Å². The number of carbonyl (C=O) groups is 2. The maximum absolute atomic E-state index is 12.3. The molecule has 8 nitrogen and oxygen atoms in total. The number of esters is 2. The molecule has 0 aromatic heterocycles. The first-order chi connectivity index (χ1) is 12.1. The van der Waals surface area contributed by atoms with Crippen molar-refractivity contribution >= 4 is 27.9 Å². The Balaban J connectivity index is 4.34. The summed E-state index contributed by atoms with van der Waals surface area (Å²) in [6.45, 7) is 6.11. The Labute approximate surface area is 163 Å². The second-order valence-corrected chi connectivity index (χ2v) is 8.25. The largest absolute Gasteiger partial charge is 0.463 e. The lowest BCUT2D eigenvalue weighted by Crippen LogP contribution is -2.40. The highest BCUT2D eigenvalue weighted by molar-refractivity contribution is 9.10. The molecular weight excluding hydrogens is 412 g/mol. The molecule has 0 bridgehead atoms. The lowest BCUT2D eigenvalue weighted by molar-refractivity contribution is -0.161. The number of hydrogen-bond acceptors (Lipinski definition) is 8. The van der Waals surface area contributed by atoms with Crippen molar-refractivity contribution in [3.8, 4) is 0 Å². The summed E-state index contributed by atoms with van der Waals surface area (Å²) in [5.41, 5.74) is -0.889. The third-order valence-corrected chi connectivity index (χ3v) is 4.12. The third-order valence-electron chi connectivity index (χ3n) is 3.51. The van der Waals surface area contributed by atoms with Crippen LogP contribution in [0.5, 0.6) is 0 Å². The van der Waals surface area contributed by atoms with Crippen molar-refractivity contribution in [2.45, 2.75) is 37.8 Å². The van der Waals surface area contributed by atoms with Crippen molar-refractivity contribution < 1.29 is 38.0 Å². The average molecular weight is 443 g/mol. The van der Waals surface area contributed by atoms with E-state index in [0.29, 0.717) is 6.61 Å². The normalized spacial score (nSPS) is 14.2. The van der Waals surface area contributed by atoms with E-state index < -0.39 is 28.0 Å². The summed E-state index contributed by atoms with van der Waals surface area (Å²) in [6.07, 6.45) is -0.249. The fourth-order valence-electron chi connectivity index (χ4n) is 2.14. The molecule has 0 saturated carbocycles. The van der Waals surface area contributed by atoms with Gasteiger partial charge in [-0.05, 0) is 27.2 Å². The average Bonchev–Trinajstić information content (AvgIpc) is 2.57. The molecule has 0 radical (unpaired) electrons. The molecule has 0 aliphatic heterocycles. The second-order valence-electron chi connectivity index (χ2n) is 6.50. The molecule has 0 aliphatic carbocycles. The number of ether oxygens (including phenoxy) is 6. The van der Waals surface area contributed by atoms with E-state index in [1.165, 1.54) is 21.3 Å². The molecule has 0 saturated heterocycles.